The van der Waals surface area contributed by atoms with Gasteiger partial charge in [-0.05, 0) is 37.4 Å². The van der Waals surface area contributed by atoms with Crippen molar-refractivity contribution in [2.75, 3.05) is 11.4 Å². The van der Waals surface area contributed by atoms with Gasteiger partial charge in [0, 0.05) is 0 Å². The molecule has 106 valence electrons. The molecule has 4 nitrogen and oxygen atoms in total. The zero-order valence-corrected chi connectivity index (χ0v) is 11.5. The Morgan fingerprint density at radius 1 is 1.10 bits per heavy atom. The second-order valence-corrected chi connectivity index (χ2v) is 5.72. The molecule has 1 heterocycles. The lowest BCUT2D eigenvalue weighted by atomic mass is 10.1. The van der Waals surface area contributed by atoms with Crippen molar-refractivity contribution in [3.8, 4) is 0 Å². The zero-order chi connectivity index (χ0) is 13.9. The highest BCUT2D eigenvalue weighted by molar-refractivity contribution is 6.22. The van der Waals surface area contributed by atoms with Crippen LogP contribution in [0.1, 0.15) is 32.1 Å². The second kappa shape index (κ2) is 5.75. The van der Waals surface area contributed by atoms with Crippen LogP contribution in [0, 0.1) is 5.92 Å². The third-order valence-corrected chi connectivity index (χ3v) is 4.29. The normalized spacial score (nSPS) is 23.8. The van der Waals surface area contributed by atoms with Crippen molar-refractivity contribution in [2.24, 2.45) is 5.92 Å². The number of imide groups is 1. The summed E-state index contributed by atoms with van der Waals surface area (Å²) in [6, 6.07) is 8.82. The third-order valence-electron chi connectivity index (χ3n) is 4.29. The van der Waals surface area contributed by atoms with E-state index in [4.69, 9.17) is 0 Å². The van der Waals surface area contributed by atoms with Crippen LogP contribution in [0.25, 0.3) is 0 Å². The third kappa shape index (κ3) is 2.61. The van der Waals surface area contributed by atoms with Gasteiger partial charge in [0.25, 0.3) is 5.91 Å². The number of anilines is 1. The van der Waals surface area contributed by atoms with E-state index in [0.717, 1.165) is 6.54 Å². The minimum atomic E-state index is -0.344. The van der Waals surface area contributed by atoms with Gasteiger partial charge in [0.2, 0.25) is 5.91 Å². The Hall–Kier alpha value is -1.68. The molecule has 1 N–H and O–H groups in total. The number of rotatable bonds is 4. The van der Waals surface area contributed by atoms with E-state index in [1.165, 1.54) is 30.6 Å². The molecule has 3 rings (SSSR count). The highest BCUT2D eigenvalue weighted by Gasteiger charge is 2.39. The van der Waals surface area contributed by atoms with Gasteiger partial charge in [0.05, 0.1) is 18.2 Å². The summed E-state index contributed by atoms with van der Waals surface area (Å²) in [7, 11) is 0. The molecule has 1 aliphatic heterocycles. The average Bonchev–Trinajstić information content (AvgIpc) is 3.06. The quantitative estimate of drug-likeness (QED) is 0.854. The van der Waals surface area contributed by atoms with Gasteiger partial charge in [-0.3, -0.25) is 9.59 Å². The zero-order valence-electron chi connectivity index (χ0n) is 11.5. The Kier molecular flexibility index (Phi) is 3.83. The van der Waals surface area contributed by atoms with Gasteiger partial charge in [-0.25, -0.2) is 4.90 Å². The standard InChI is InChI=1S/C16H20N2O2/c19-15-10-14(17-11-12-6-4-5-7-12)16(20)18(15)13-8-2-1-3-9-13/h1-3,8-9,12,14,17H,4-7,10-11H2. The van der Waals surface area contributed by atoms with Crippen LogP contribution in [0.3, 0.4) is 0 Å². The van der Waals surface area contributed by atoms with Gasteiger partial charge in [0.15, 0.2) is 0 Å². The molecule has 1 saturated carbocycles. The Balaban J connectivity index is 1.64. The molecule has 0 bridgehead atoms. The summed E-state index contributed by atoms with van der Waals surface area (Å²) in [5.74, 6) is 0.452. The van der Waals surface area contributed by atoms with Crippen LogP contribution in [-0.4, -0.2) is 24.4 Å². The maximum atomic E-state index is 12.4. The molecular weight excluding hydrogens is 252 g/mol. The monoisotopic (exact) mass is 272 g/mol. The van der Waals surface area contributed by atoms with E-state index in [1.807, 2.05) is 18.2 Å². The molecule has 1 aliphatic carbocycles. The molecule has 0 aromatic heterocycles. The molecule has 2 amide bonds. The lowest BCUT2D eigenvalue weighted by molar-refractivity contribution is -0.121. The summed E-state index contributed by atoms with van der Waals surface area (Å²) in [5, 5.41) is 3.29. The smallest absolute Gasteiger partial charge is 0.251 e. The van der Waals surface area contributed by atoms with Gasteiger partial charge in [-0.2, -0.15) is 0 Å². The van der Waals surface area contributed by atoms with Gasteiger partial charge >= 0.3 is 0 Å². The highest BCUT2D eigenvalue weighted by atomic mass is 16.2. The molecule has 1 saturated heterocycles. The first-order valence-corrected chi connectivity index (χ1v) is 7.41. The van der Waals surface area contributed by atoms with Crippen LogP contribution in [0.2, 0.25) is 0 Å². The van der Waals surface area contributed by atoms with E-state index in [0.29, 0.717) is 11.6 Å². The van der Waals surface area contributed by atoms with Gasteiger partial charge in [-0.15, -0.1) is 0 Å². The van der Waals surface area contributed by atoms with E-state index >= 15 is 0 Å². The number of carbonyl (C=O) groups excluding carboxylic acids is 2. The van der Waals surface area contributed by atoms with Crippen LogP contribution >= 0.6 is 0 Å². The molecule has 1 aromatic carbocycles. The summed E-state index contributed by atoms with van der Waals surface area (Å²) < 4.78 is 0. The predicted molar refractivity (Wildman–Crippen MR) is 77.3 cm³/mol. The van der Waals surface area contributed by atoms with E-state index in [9.17, 15) is 9.59 Å². The van der Waals surface area contributed by atoms with Crippen molar-refractivity contribution in [3.05, 3.63) is 30.3 Å². The molecule has 1 unspecified atom stereocenters. The average molecular weight is 272 g/mol. The van der Waals surface area contributed by atoms with Crippen LogP contribution in [0.5, 0.6) is 0 Å². The van der Waals surface area contributed by atoms with Gasteiger partial charge < -0.3 is 5.32 Å². The first-order valence-electron chi connectivity index (χ1n) is 7.41. The van der Waals surface area contributed by atoms with Crippen molar-refractivity contribution in [2.45, 2.75) is 38.1 Å². The molecule has 20 heavy (non-hydrogen) atoms. The minimum Gasteiger partial charge on any atom is -0.305 e. The SMILES string of the molecule is O=C1CC(NCC2CCCC2)C(=O)N1c1ccccc1. The number of amides is 2. The van der Waals surface area contributed by atoms with Crippen LogP contribution < -0.4 is 10.2 Å². The Bertz CT molecular complexity index is 494. The second-order valence-electron chi connectivity index (χ2n) is 5.72. The summed E-state index contributed by atoms with van der Waals surface area (Å²) in [6.07, 6.45) is 5.34. The molecule has 2 fully saturated rings. The first-order chi connectivity index (χ1) is 9.75. The maximum absolute atomic E-state index is 12.4. The van der Waals surface area contributed by atoms with E-state index < -0.39 is 0 Å². The van der Waals surface area contributed by atoms with E-state index in [-0.39, 0.29) is 24.3 Å². The summed E-state index contributed by atoms with van der Waals surface area (Å²) >= 11 is 0. The molecular formula is C16H20N2O2. The topological polar surface area (TPSA) is 49.4 Å². The summed E-state index contributed by atoms with van der Waals surface area (Å²) in [6.45, 7) is 0.853. The summed E-state index contributed by atoms with van der Waals surface area (Å²) in [5.41, 5.74) is 0.674. The Morgan fingerprint density at radius 2 is 1.80 bits per heavy atom. The minimum absolute atomic E-state index is 0.106. The van der Waals surface area contributed by atoms with Crippen molar-refractivity contribution in [1.82, 2.24) is 5.32 Å². The fraction of sp³-hybridized carbons (Fsp3) is 0.500. The van der Waals surface area contributed by atoms with Crippen molar-refractivity contribution in [3.63, 3.8) is 0 Å². The van der Waals surface area contributed by atoms with E-state index in [2.05, 4.69) is 5.32 Å². The number of para-hydroxylation sites is 1. The van der Waals surface area contributed by atoms with Gasteiger partial charge in [0.1, 0.15) is 0 Å². The number of hydrogen-bond donors (Lipinski definition) is 1. The van der Waals surface area contributed by atoms with Crippen LogP contribution in [-0.2, 0) is 9.59 Å². The molecule has 4 heteroatoms. The van der Waals surface area contributed by atoms with Crippen LogP contribution in [0.4, 0.5) is 5.69 Å². The number of nitrogens with zero attached hydrogens (tertiary/aromatic N) is 1. The molecule has 0 radical (unpaired) electrons. The lowest BCUT2D eigenvalue weighted by Crippen LogP contribution is -2.40. The maximum Gasteiger partial charge on any atom is 0.251 e. The van der Waals surface area contributed by atoms with Crippen molar-refractivity contribution in [1.29, 1.82) is 0 Å². The number of carbonyl (C=O) groups is 2. The Morgan fingerprint density at radius 3 is 2.50 bits per heavy atom. The Labute approximate surface area is 119 Å². The molecule has 1 atom stereocenters. The highest BCUT2D eigenvalue weighted by Crippen LogP contribution is 2.26. The first kappa shape index (κ1) is 13.3. The van der Waals surface area contributed by atoms with Gasteiger partial charge in [-0.1, -0.05) is 31.0 Å². The summed E-state index contributed by atoms with van der Waals surface area (Å²) in [4.78, 5) is 25.7. The number of nitrogens with one attached hydrogen (secondary N) is 1. The predicted octanol–water partition coefficient (Wildman–Crippen LogP) is 2.10. The van der Waals surface area contributed by atoms with Crippen LogP contribution in [0.15, 0.2) is 30.3 Å². The largest absolute Gasteiger partial charge is 0.305 e. The fourth-order valence-corrected chi connectivity index (χ4v) is 3.16. The van der Waals surface area contributed by atoms with Crippen molar-refractivity contribution < 1.29 is 9.59 Å². The molecule has 2 aliphatic rings. The lowest BCUT2D eigenvalue weighted by Gasteiger charge is -2.17. The number of benzene rings is 1. The number of hydrogen-bond acceptors (Lipinski definition) is 3. The fourth-order valence-electron chi connectivity index (χ4n) is 3.16. The molecule has 0 spiro atoms. The van der Waals surface area contributed by atoms with Crippen molar-refractivity contribution >= 4 is 17.5 Å². The van der Waals surface area contributed by atoms with E-state index in [1.54, 1.807) is 12.1 Å². The molecule has 1 aromatic rings.